The lowest BCUT2D eigenvalue weighted by atomic mass is 10.2. The molecule has 1 heterocycles. The number of carbonyl (C=O) groups is 2. The molecular formula is C14H23N3O3. The van der Waals surface area contributed by atoms with Crippen LogP contribution in [0.2, 0.25) is 0 Å². The van der Waals surface area contributed by atoms with Crippen molar-refractivity contribution >= 4 is 11.9 Å². The van der Waals surface area contributed by atoms with Gasteiger partial charge in [-0.15, -0.1) is 0 Å². The van der Waals surface area contributed by atoms with Gasteiger partial charge in [0.15, 0.2) is 0 Å². The molecule has 112 valence electrons. The van der Waals surface area contributed by atoms with E-state index in [1.165, 1.54) is 0 Å². The van der Waals surface area contributed by atoms with Crippen molar-refractivity contribution in [2.45, 2.75) is 52.1 Å². The minimum absolute atomic E-state index is 0.0481. The number of hydrogen-bond acceptors (Lipinski definition) is 4. The third-order valence-corrected chi connectivity index (χ3v) is 2.48. The molecule has 0 aliphatic carbocycles. The standard InChI is InChI=1S/C14H23N3O3/c1-14(2,3)20-13(19)6-4-5-12(18)16-8-7-11-9-15-10-17-11/h9-10H,4-8H2,1-3H3,(H,15,17)(H,16,18). The molecule has 6 heteroatoms. The number of aromatic nitrogens is 2. The van der Waals surface area contributed by atoms with Crippen LogP contribution in [0.25, 0.3) is 0 Å². The van der Waals surface area contributed by atoms with Gasteiger partial charge in [0, 0.05) is 37.7 Å². The number of H-pyrrole nitrogens is 1. The Hall–Kier alpha value is -1.85. The smallest absolute Gasteiger partial charge is 0.306 e. The molecule has 20 heavy (non-hydrogen) atoms. The van der Waals surface area contributed by atoms with E-state index in [2.05, 4.69) is 15.3 Å². The van der Waals surface area contributed by atoms with Gasteiger partial charge in [-0.2, -0.15) is 0 Å². The summed E-state index contributed by atoms with van der Waals surface area (Å²) in [6.45, 7) is 6.04. The Labute approximate surface area is 119 Å². The molecule has 0 saturated heterocycles. The van der Waals surface area contributed by atoms with Crippen LogP contribution in [0.3, 0.4) is 0 Å². The molecule has 1 aromatic rings. The van der Waals surface area contributed by atoms with E-state index in [1.54, 1.807) is 12.5 Å². The van der Waals surface area contributed by atoms with Crippen LogP contribution < -0.4 is 5.32 Å². The number of carbonyl (C=O) groups excluding carboxylic acids is 2. The number of esters is 1. The molecule has 6 nitrogen and oxygen atoms in total. The van der Waals surface area contributed by atoms with Crippen LogP contribution in [0.1, 0.15) is 45.7 Å². The van der Waals surface area contributed by atoms with E-state index >= 15 is 0 Å². The maximum atomic E-state index is 11.5. The Bertz CT molecular complexity index is 421. The lowest BCUT2D eigenvalue weighted by Gasteiger charge is -2.19. The lowest BCUT2D eigenvalue weighted by Crippen LogP contribution is -2.26. The van der Waals surface area contributed by atoms with Crippen LogP contribution in [-0.2, 0) is 20.7 Å². The van der Waals surface area contributed by atoms with Gasteiger partial charge >= 0.3 is 5.97 Å². The Morgan fingerprint density at radius 1 is 1.35 bits per heavy atom. The summed E-state index contributed by atoms with van der Waals surface area (Å²) in [4.78, 5) is 29.9. The minimum Gasteiger partial charge on any atom is -0.460 e. The summed E-state index contributed by atoms with van der Waals surface area (Å²) in [5, 5.41) is 2.80. The zero-order chi connectivity index (χ0) is 15.0. The largest absolute Gasteiger partial charge is 0.460 e. The van der Waals surface area contributed by atoms with E-state index in [0.717, 1.165) is 12.1 Å². The maximum absolute atomic E-state index is 11.5. The third kappa shape index (κ3) is 7.56. The summed E-state index contributed by atoms with van der Waals surface area (Å²) in [7, 11) is 0. The number of aromatic amines is 1. The number of amides is 1. The first-order valence-corrected chi connectivity index (χ1v) is 6.82. The van der Waals surface area contributed by atoms with Crippen LogP contribution in [-0.4, -0.2) is 34.0 Å². The van der Waals surface area contributed by atoms with Gasteiger partial charge in [-0.05, 0) is 27.2 Å². The van der Waals surface area contributed by atoms with Crippen LogP contribution in [0.4, 0.5) is 0 Å². The highest BCUT2D eigenvalue weighted by atomic mass is 16.6. The molecule has 0 saturated carbocycles. The molecule has 0 bridgehead atoms. The fourth-order valence-corrected chi connectivity index (χ4v) is 1.63. The Morgan fingerprint density at radius 3 is 2.70 bits per heavy atom. The molecule has 2 N–H and O–H groups in total. The van der Waals surface area contributed by atoms with Gasteiger partial charge in [0.05, 0.1) is 6.33 Å². The van der Waals surface area contributed by atoms with Crippen LogP contribution in [0.5, 0.6) is 0 Å². The number of imidazole rings is 1. The van der Waals surface area contributed by atoms with Crippen molar-refractivity contribution in [3.05, 3.63) is 18.2 Å². The molecule has 0 fully saturated rings. The molecular weight excluding hydrogens is 258 g/mol. The predicted octanol–water partition coefficient (Wildman–Crippen LogP) is 1.58. The van der Waals surface area contributed by atoms with Crippen molar-refractivity contribution in [2.24, 2.45) is 0 Å². The van der Waals surface area contributed by atoms with Crippen LogP contribution in [0.15, 0.2) is 12.5 Å². The number of hydrogen-bond donors (Lipinski definition) is 2. The molecule has 1 aromatic heterocycles. The second kappa shape index (κ2) is 7.67. The van der Waals surface area contributed by atoms with Gasteiger partial charge in [0.25, 0.3) is 0 Å². The number of rotatable bonds is 7. The van der Waals surface area contributed by atoms with Gasteiger partial charge < -0.3 is 15.0 Å². The van der Waals surface area contributed by atoms with E-state index in [4.69, 9.17) is 4.74 Å². The van der Waals surface area contributed by atoms with Crippen molar-refractivity contribution in [3.63, 3.8) is 0 Å². The summed E-state index contributed by atoms with van der Waals surface area (Å²) >= 11 is 0. The molecule has 0 spiro atoms. The topological polar surface area (TPSA) is 84.1 Å². The quantitative estimate of drug-likeness (QED) is 0.743. The predicted molar refractivity (Wildman–Crippen MR) is 75.0 cm³/mol. The molecule has 0 aromatic carbocycles. The Morgan fingerprint density at radius 2 is 2.10 bits per heavy atom. The Balaban J connectivity index is 2.07. The highest BCUT2D eigenvalue weighted by Crippen LogP contribution is 2.09. The summed E-state index contributed by atoms with van der Waals surface area (Å²) in [5.41, 5.74) is 0.516. The molecule has 0 atom stereocenters. The van der Waals surface area contributed by atoms with Crippen LogP contribution >= 0.6 is 0 Å². The highest BCUT2D eigenvalue weighted by Gasteiger charge is 2.16. The second-order valence-electron chi connectivity index (χ2n) is 5.62. The summed E-state index contributed by atoms with van der Waals surface area (Å²) in [6.07, 6.45) is 5.17. The summed E-state index contributed by atoms with van der Waals surface area (Å²) < 4.78 is 5.17. The molecule has 0 radical (unpaired) electrons. The lowest BCUT2D eigenvalue weighted by molar-refractivity contribution is -0.154. The first-order chi connectivity index (χ1) is 9.37. The third-order valence-electron chi connectivity index (χ3n) is 2.48. The van der Waals surface area contributed by atoms with E-state index in [-0.39, 0.29) is 18.3 Å². The first-order valence-electron chi connectivity index (χ1n) is 6.82. The van der Waals surface area contributed by atoms with Gasteiger partial charge in [-0.1, -0.05) is 0 Å². The molecule has 1 amide bonds. The van der Waals surface area contributed by atoms with E-state index < -0.39 is 5.60 Å². The van der Waals surface area contributed by atoms with Crippen molar-refractivity contribution in [1.82, 2.24) is 15.3 Å². The van der Waals surface area contributed by atoms with Gasteiger partial charge in [0.2, 0.25) is 5.91 Å². The van der Waals surface area contributed by atoms with Gasteiger partial charge in [-0.25, -0.2) is 4.98 Å². The molecule has 1 rings (SSSR count). The SMILES string of the molecule is CC(C)(C)OC(=O)CCCC(=O)NCCc1cnc[nH]1. The molecule has 0 aliphatic heterocycles. The van der Waals surface area contributed by atoms with Gasteiger partial charge in [-0.3, -0.25) is 9.59 Å². The van der Waals surface area contributed by atoms with E-state index in [0.29, 0.717) is 19.4 Å². The average molecular weight is 281 g/mol. The van der Waals surface area contributed by atoms with Gasteiger partial charge in [0.1, 0.15) is 5.60 Å². The highest BCUT2D eigenvalue weighted by molar-refractivity contribution is 5.77. The normalized spacial score (nSPS) is 11.2. The van der Waals surface area contributed by atoms with Crippen molar-refractivity contribution in [1.29, 1.82) is 0 Å². The summed E-state index contributed by atoms with van der Waals surface area (Å²) in [5.74, 6) is -0.309. The monoisotopic (exact) mass is 281 g/mol. The minimum atomic E-state index is -0.469. The fourth-order valence-electron chi connectivity index (χ4n) is 1.63. The zero-order valence-corrected chi connectivity index (χ0v) is 12.4. The maximum Gasteiger partial charge on any atom is 0.306 e. The Kier molecular flexibility index (Phi) is 6.21. The van der Waals surface area contributed by atoms with Crippen LogP contribution in [0, 0.1) is 0 Å². The van der Waals surface area contributed by atoms with E-state index in [1.807, 2.05) is 20.8 Å². The average Bonchev–Trinajstić information content (AvgIpc) is 2.79. The van der Waals surface area contributed by atoms with Crippen molar-refractivity contribution < 1.29 is 14.3 Å². The number of nitrogens with one attached hydrogen (secondary N) is 2. The number of ether oxygens (including phenoxy) is 1. The molecule has 0 aliphatic rings. The summed E-state index contributed by atoms with van der Waals surface area (Å²) in [6, 6.07) is 0. The zero-order valence-electron chi connectivity index (χ0n) is 12.4. The van der Waals surface area contributed by atoms with E-state index in [9.17, 15) is 9.59 Å². The fraction of sp³-hybridized carbons (Fsp3) is 0.643. The number of nitrogens with zero attached hydrogens (tertiary/aromatic N) is 1. The van der Waals surface area contributed by atoms with Crippen molar-refractivity contribution in [3.8, 4) is 0 Å². The first kappa shape index (κ1) is 16.2. The second-order valence-corrected chi connectivity index (χ2v) is 5.62. The van der Waals surface area contributed by atoms with Crippen molar-refractivity contribution in [2.75, 3.05) is 6.54 Å². The molecule has 0 unspecified atom stereocenters.